The molecule has 2 rings (SSSR count). The van der Waals surface area contributed by atoms with Gasteiger partial charge in [0, 0.05) is 24.6 Å². The maximum atomic E-state index is 5.42. The van der Waals surface area contributed by atoms with E-state index in [0.29, 0.717) is 0 Å². The molecule has 1 aromatic heterocycles. The third-order valence-corrected chi connectivity index (χ3v) is 3.75. The summed E-state index contributed by atoms with van der Waals surface area (Å²) in [5, 5.41) is 3.44. The fourth-order valence-corrected chi connectivity index (χ4v) is 2.61. The molecule has 0 aliphatic rings. The van der Waals surface area contributed by atoms with Gasteiger partial charge in [-0.15, -0.1) is 0 Å². The zero-order valence-electron chi connectivity index (χ0n) is 11.6. The summed E-state index contributed by atoms with van der Waals surface area (Å²) in [6, 6.07) is 6.27. The van der Waals surface area contributed by atoms with Crippen molar-refractivity contribution in [3.63, 3.8) is 0 Å². The minimum absolute atomic E-state index is 0.182. The number of nitrogens with one attached hydrogen (secondary N) is 1. The molecule has 0 saturated carbocycles. The molecule has 0 fully saturated rings. The van der Waals surface area contributed by atoms with Gasteiger partial charge in [0.2, 0.25) is 0 Å². The number of halogens is 1. The van der Waals surface area contributed by atoms with Crippen LogP contribution in [0.5, 0.6) is 5.75 Å². The van der Waals surface area contributed by atoms with Gasteiger partial charge in [-0.2, -0.15) is 0 Å². The molecule has 0 saturated heterocycles. The Morgan fingerprint density at radius 3 is 2.90 bits per heavy atom. The molecule has 0 spiro atoms. The number of ether oxygens (including phenoxy) is 1. The van der Waals surface area contributed by atoms with Crippen LogP contribution in [0.2, 0.25) is 0 Å². The zero-order valence-corrected chi connectivity index (χ0v) is 13.2. The predicted molar refractivity (Wildman–Crippen MR) is 82.8 cm³/mol. The van der Waals surface area contributed by atoms with Gasteiger partial charge in [-0.25, -0.2) is 0 Å². The highest BCUT2D eigenvalue weighted by atomic mass is 79.9. The van der Waals surface area contributed by atoms with E-state index in [1.54, 1.807) is 25.7 Å². The van der Waals surface area contributed by atoms with Gasteiger partial charge in [-0.3, -0.25) is 9.97 Å². The first-order valence-corrected chi connectivity index (χ1v) is 7.32. The number of nitrogens with zero attached hydrogens (tertiary/aromatic N) is 2. The molecule has 1 atom stereocenters. The average molecular weight is 336 g/mol. The molecular weight excluding hydrogens is 318 g/mol. The number of benzene rings is 1. The molecule has 1 heterocycles. The van der Waals surface area contributed by atoms with Crippen molar-refractivity contribution in [3.8, 4) is 5.75 Å². The highest BCUT2D eigenvalue weighted by Crippen LogP contribution is 2.28. The Labute approximate surface area is 127 Å². The summed E-state index contributed by atoms with van der Waals surface area (Å²) in [4.78, 5) is 8.38. The average Bonchev–Trinajstić information content (AvgIpc) is 2.48. The standard InChI is InChI=1S/C15H18BrN3O/c1-11(14-10-17-8-9-19-14)18-7-6-12-4-3-5-13(16)15(12)20-2/h3-5,8-11,18H,6-7H2,1-2H3. The van der Waals surface area contributed by atoms with Crippen LogP contribution in [0.3, 0.4) is 0 Å². The monoisotopic (exact) mass is 335 g/mol. The van der Waals surface area contributed by atoms with E-state index in [2.05, 4.69) is 44.2 Å². The quantitative estimate of drug-likeness (QED) is 0.880. The van der Waals surface area contributed by atoms with Crippen molar-refractivity contribution >= 4 is 15.9 Å². The highest BCUT2D eigenvalue weighted by molar-refractivity contribution is 9.10. The van der Waals surface area contributed by atoms with Gasteiger partial charge < -0.3 is 10.1 Å². The second-order valence-electron chi connectivity index (χ2n) is 4.49. The Morgan fingerprint density at radius 1 is 1.35 bits per heavy atom. The fraction of sp³-hybridized carbons (Fsp3) is 0.333. The van der Waals surface area contributed by atoms with Gasteiger partial charge >= 0.3 is 0 Å². The highest BCUT2D eigenvalue weighted by Gasteiger charge is 2.09. The molecule has 1 unspecified atom stereocenters. The van der Waals surface area contributed by atoms with Gasteiger partial charge in [0.25, 0.3) is 0 Å². The normalized spacial score (nSPS) is 12.2. The van der Waals surface area contributed by atoms with Crippen LogP contribution < -0.4 is 10.1 Å². The van der Waals surface area contributed by atoms with Crippen molar-refractivity contribution < 1.29 is 4.74 Å². The van der Waals surface area contributed by atoms with Crippen LogP contribution in [-0.2, 0) is 6.42 Å². The van der Waals surface area contributed by atoms with Crippen LogP contribution in [0.25, 0.3) is 0 Å². The van der Waals surface area contributed by atoms with Crippen LogP contribution in [0.4, 0.5) is 0 Å². The molecule has 0 aliphatic heterocycles. The molecule has 1 N–H and O–H groups in total. The van der Waals surface area contributed by atoms with Crippen LogP contribution in [-0.4, -0.2) is 23.6 Å². The lowest BCUT2D eigenvalue weighted by molar-refractivity contribution is 0.406. The Morgan fingerprint density at radius 2 is 2.20 bits per heavy atom. The minimum Gasteiger partial charge on any atom is -0.495 e. The lowest BCUT2D eigenvalue weighted by atomic mass is 10.1. The molecule has 0 radical (unpaired) electrons. The minimum atomic E-state index is 0.182. The largest absolute Gasteiger partial charge is 0.495 e. The van der Waals surface area contributed by atoms with Crippen LogP contribution in [0, 0.1) is 0 Å². The molecule has 0 aliphatic carbocycles. The molecule has 106 valence electrons. The molecule has 2 aromatic rings. The van der Waals surface area contributed by atoms with E-state index >= 15 is 0 Å². The summed E-state index contributed by atoms with van der Waals surface area (Å²) in [5.74, 6) is 0.904. The second kappa shape index (κ2) is 7.36. The number of hydrogen-bond donors (Lipinski definition) is 1. The summed E-state index contributed by atoms with van der Waals surface area (Å²) in [6.07, 6.45) is 6.08. The van der Waals surface area contributed by atoms with Gasteiger partial charge in [0.15, 0.2) is 0 Å². The molecule has 0 bridgehead atoms. The number of para-hydroxylation sites is 1. The summed E-state index contributed by atoms with van der Waals surface area (Å²) in [7, 11) is 1.69. The van der Waals surface area contributed by atoms with Gasteiger partial charge in [-0.1, -0.05) is 12.1 Å². The number of hydrogen-bond acceptors (Lipinski definition) is 4. The van der Waals surface area contributed by atoms with Crippen molar-refractivity contribution in [2.24, 2.45) is 0 Å². The number of methoxy groups -OCH3 is 1. The molecule has 0 amide bonds. The lowest BCUT2D eigenvalue weighted by Gasteiger charge is -2.14. The summed E-state index contributed by atoms with van der Waals surface area (Å²) in [5.41, 5.74) is 2.13. The third kappa shape index (κ3) is 3.77. The first-order valence-electron chi connectivity index (χ1n) is 6.53. The topological polar surface area (TPSA) is 47.0 Å². The summed E-state index contributed by atoms with van der Waals surface area (Å²) in [6.45, 7) is 2.94. The van der Waals surface area contributed by atoms with Crippen molar-refractivity contribution in [2.45, 2.75) is 19.4 Å². The lowest BCUT2D eigenvalue weighted by Crippen LogP contribution is -2.22. The van der Waals surface area contributed by atoms with E-state index in [-0.39, 0.29) is 6.04 Å². The van der Waals surface area contributed by atoms with Gasteiger partial charge in [0.1, 0.15) is 5.75 Å². The third-order valence-electron chi connectivity index (χ3n) is 3.12. The Hall–Kier alpha value is -1.46. The van der Waals surface area contributed by atoms with Crippen molar-refractivity contribution in [1.82, 2.24) is 15.3 Å². The number of aromatic nitrogens is 2. The maximum absolute atomic E-state index is 5.42. The summed E-state index contributed by atoms with van der Waals surface area (Å²) >= 11 is 3.50. The number of rotatable bonds is 6. The van der Waals surface area contributed by atoms with E-state index < -0.39 is 0 Å². The van der Waals surface area contributed by atoms with Crippen LogP contribution in [0.15, 0.2) is 41.3 Å². The van der Waals surface area contributed by atoms with Crippen LogP contribution in [0.1, 0.15) is 24.2 Å². The Kier molecular flexibility index (Phi) is 5.49. The zero-order chi connectivity index (χ0) is 14.4. The van der Waals surface area contributed by atoms with E-state index in [0.717, 1.165) is 28.9 Å². The van der Waals surface area contributed by atoms with E-state index in [1.807, 2.05) is 12.1 Å². The molecule has 5 heteroatoms. The SMILES string of the molecule is COc1c(Br)cccc1CCNC(C)c1cnccn1. The molecule has 4 nitrogen and oxygen atoms in total. The van der Waals surface area contributed by atoms with E-state index in [4.69, 9.17) is 4.74 Å². The first-order chi connectivity index (χ1) is 9.72. The Bertz CT molecular complexity index is 548. The van der Waals surface area contributed by atoms with Gasteiger partial charge in [-0.05, 0) is 47.4 Å². The first kappa shape index (κ1) is 14.9. The van der Waals surface area contributed by atoms with Crippen molar-refractivity contribution in [1.29, 1.82) is 0 Å². The van der Waals surface area contributed by atoms with Gasteiger partial charge in [0.05, 0.1) is 17.3 Å². The summed E-state index contributed by atoms with van der Waals surface area (Å²) < 4.78 is 6.41. The fourth-order valence-electron chi connectivity index (χ4n) is 2.04. The maximum Gasteiger partial charge on any atom is 0.136 e. The second-order valence-corrected chi connectivity index (χ2v) is 5.34. The molecule has 1 aromatic carbocycles. The van der Waals surface area contributed by atoms with Crippen molar-refractivity contribution in [2.75, 3.05) is 13.7 Å². The van der Waals surface area contributed by atoms with E-state index in [1.165, 1.54) is 5.56 Å². The van der Waals surface area contributed by atoms with Crippen LogP contribution >= 0.6 is 15.9 Å². The predicted octanol–water partition coefficient (Wildman–Crippen LogP) is 3.14. The smallest absolute Gasteiger partial charge is 0.136 e. The van der Waals surface area contributed by atoms with Crippen molar-refractivity contribution in [3.05, 3.63) is 52.5 Å². The van der Waals surface area contributed by atoms with E-state index in [9.17, 15) is 0 Å². The molecular formula is C15H18BrN3O. The Balaban J connectivity index is 1.92. The molecule has 20 heavy (non-hydrogen) atoms.